The fourth-order valence-electron chi connectivity index (χ4n) is 0.815. The molecule has 1 amide bonds. The molecule has 0 aromatic rings. The van der Waals surface area contributed by atoms with Crippen molar-refractivity contribution in [3.05, 3.63) is 0 Å². The summed E-state index contributed by atoms with van der Waals surface area (Å²) in [7, 11) is 0. The molecule has 0 aliphatic carbocycles. The van der Waals surface area contributed by atoms with Crippen molar-refractivity contribution >= 4 is 17.8 Å². The number of ether oxygens (including phenoxy) is 2. The zero-order chi connectivity index (χ0) is 11.8. The quantitative estimate of drug-likeness (QED) is 0.501. The Bertz CT molecular complexity index is 251. The van der Waals surface area contributed by atoms with Gasteiger partial charge in [0.15, 0.2) is 6.10 Å². The maximum Gasteiger partial charge on any atom is 0.303 e. The zero-order valence-electron chi connectivity index (χ0n) is 9.03. The summed E-state index contributed by atoms with van der Waals surface area (Å²) in [4.78, 5) is 32.1. The summed E-state index contributed by atoms with van der Waals surface area (Å²) in [6, 6.07) is 0. The van der Waals surface area contributed by atoms with Gasteiger partial charge in [0.05, 0.1) is 6.54 Å². The van der Waals surface area contributed by atoms with Crippen molar-refractivity contribution in [1.29, 1.82) is 0 Å². The second-order valence-electron chi connectivity index (χ2n) is 2.88. The molecular formula is C9H15NO5. The molecule has 1 unspecified atom stereocenters. The Morgan fingerprint density at radius 1 is 1.20 bits per heavy atom. The van der Waals surface area contributed by atoms with Gasteiger partial charge in [-0.1, -0.05) is 0 Å². The van der Waals surface area contributed by atoms with Crippen LogP contribution in [0.25, 0.3) is 0 Å². The van der Waals surface area contributed by atoms with Gasteiger partial charge in [-0.3, -0.25) is 14.4 Å². The first-order valence-corrected chi connectivity index (χ1v) is 4.51. The van der Waals surface area contributed by atoms with Gasteiger partial charge in [-0.25, -0.2) is 0 Å². The number of carbonyl (C=O) groups is 3. The van der Waals surface area contributed by atoms with Crippen molar-refractivity contribution in [2.24, 2.45) is 0 Å². The van der Waals surface area contributed by atoms with Crippen LogP contribution in [0, 0.1) is 0 Å². The molecule has 1 N–H and O–H groups in total. The Morgan fingerprint density at radius 3 is 2.27 bits per heavy atom. The molecule has 0 radical (unpaired) electrons. The molecule has 0 aliphatic heterocycles. The Labute approximate surface area is 87.9 Å². The van der Waals surface area contributed by atoms with Gasteiger partial charge in [0.1, 0.15) is 6.61 Å². The molecule has 15 heavy (non-hydrogen) atoms. The van der Waals surface area contributed by atoms with Gasteiger partial charge < -0.3 is 14.8 Å². The van der Waals surface area contributed by atoms with E-state index in [4.69, 9.17) is 0 Å². The summed E-state index contributed by atoms with van der Waals surface area (Å²) >= 11 is 0. The largest absolute Gasteiger partial charge is 0.464 e. The summed E-state index contributed by atoms with van der Waals surface area (Å²) < 4.78 is 9.22. The van der Waals surface area contributed by atoms with Crippen LogP contribution in [0.4, 0.5) is 0 Å². The average molecular weight is 217 g/mol. The van der Waals surface area contributed by atoms with Crippen LogP contribution in [0.5, 0.6) is 0 Å². The Morgan fingerprint density at radius 2 is 1.80 bits per heavy atom. The van der Waals surface area contributed by atoms with Gasteiger partial charge in [0.25, 0.3) is 5.91 Å². The van der Waals surface area contributed by atoms with Crippen molar-refractivity contribution in [1.82, 2.24) is 5.32 Å². The molecule has 0 rings (SSSR count). The van der Waals surface area contributed by atoms with Crippen LogP contribution in [-0.4, -0.2) is 37.1 Å². The molecule has 0 aliphatic rings. The highest BCUT2D eigenvalue weighted by Gasteiger charge is 2.14. The van der Waals surface area contributed by atoms with E-state index in [2.05, 4.69) is 14.8 Å². The number of hydrogen-bond acceptors (Lipinski definition) is 5. The van der Waals surface area contributed by atoms with Crippen LogP contribution < -0.4 is 5.32 Å². The highest BCUT2D eigenvalue weighted by molar-refractivity contribution is 5.82. The smallest absolute Gasteiger partial charge is 0.303 e. The number of hydrogen-bond donors (Lipinski definition) is 1. The number of carbonyl (C=O) groups excluding carboxylic acids is 3. The van der Waals surface area contributed by atoms with Crippen LogP contribution in [0.2, 0.25) is 0 Å². The van der Waals surface area contributed by atoms with Crippen LogP contribution in [0.3, 0.4) is 0 Å². The Kier molecular flexibility index (Phi) is 6.08. The first-order valence-electron chi connectivity index (χ1n) is 4.51. The van der Waals surface area contributed by atoms with Crippen LogP contribution in [0.15, 0.2) is 0 Å². The van der Waals surface area contributed by atoms with E-state index in [0.717, 1.165) is 0 Å². The molecule has 0 heterocycles. The predicted molar refractivity (Wildman–Crippen MR) is 50.9 cm³/mol. The van der Waals surface area contributed by atoms with E-state index in [-0.39, 0.29) is 13.2 Å². The van der Waals surface area contributed by atoms with Crippen molar-refractivity contribution in [2.45, 2.75) is 26.9 Å². The third-order valence-electron chi connectivity index (χ3n) is 1.42. The molecule has 0 saturated heterocycles. The fraction of sp³-hybridized carbons (Fsp3) is 0.667. The van der Waals surface area contributed by atoms with Gasteiger partial charge in [-0.05, 0) is 6.92 Å². The van der Waals surface area contributed by atoms with Crippen LogP contribution >= 0.6 is 0 Å². The molecule has 1 atom stereocenters. The third-order valence-corrected chi connectivity index (χ3v) is 1.42. The second kappa shape index (κ2) is 6.80. The topological polar surface area (TPSA) is 81.7 Å². The number of rotatable bonds is 5. The first kappa shape index (κ1) is 13.4. The standard InChI is InChI=1S/C9H15NO5/c1-6(15-8(3)12)9(13)10-4-5-14-7(2)11/h6H,4-5H2,1-3H3,(H,10,13). The van der Waals surface area contributed by atoms with E-state index in [1.54, 1.807) is 0 Å². The van der Waals surface area contributed by atoms with E-state index in [9.17, 15) is 14.4 Å². The molecule has 0 fully saturated rings. The summed E-state index contributed by atoms with van der Waals surface area (Å²) in [5.41, 5.74) is 0. The molecule has 0 aromatic carbocycles. The van der Waals surface area contributed by atoms with Gasteiger partial charge >= 0.3 is 11.9 Å². The summed E-state index contributed by atoms with van der Waals surface area (Å²) in [5, 5.41) is 2.45. The SMILES string of the molecule is CC(=O)OCCNC(=O)C(C)OC(C)=O. The normalized spacial score (nSPS) is 11.4. The molecule has 6 nitrogen and oxygen atoms in total. The Balaban J connectivity index is 3.64. The minimum Gasteiger partial charge on any atom is -0.464 e. The van der Waals surface area contributed by atoms with Crippen molar-refractivity contribution < 1.29 is 23.9 Å². The van der Waals surface area contributed by atoms with Gasteiger partial charge in [-0.15, -0.1) is 0 Å². The molecule has 0 aromatic heterocycles. The van der Waals surface area contributed by atoms with Crippen molar-refractivity contribution in [2.75, 3.05) is 13.2 Å². The second-order valence-corrected chi connectivity index (χ2v) is 2.88. The molecule has 0 spiro atoms. The number of nitrogens with one attached hydrogen (secondary N) is 1. The van der Waals surface area contributed by atoms with Crippen molar-refractivity contribution in [3.8, 4) is 0 Å². The first-order chi connectivity index (χ1) is 6.93. The van der Waals surface area contributed by atoms with E-state index >= 15 is 0 Å². The summed E-state index contributed by atoms with van der Waals surface area (Å²) in [5.74, 6) is -1.34. The van der Waals surface area contributed by atoms with E-state index < -0.39 is 23.9 Å². The number of esters is 2. The maximum absolute atomic E-state index is 11.2. The molecule has 6 heteroatoms. The fourth-order valence-corrected chi connectivity index (χ4v) is 0.815. The Hall–Kier alpha value is -1.59. The number of amides is 1. The highest BCUT2D eigenvalue weighted by atomic mass is 16.5. The molecule has 0 bridgehead atoms. The highest BCUT2D eigenvalue weighted by Crippen LogP contribution is 1.90. The van der Waals surface area contributed by atoms with Gasteiger partial charge in [-0.2, -0.15) is 0 Å². The lowest BCUT2D eigenvalue weighted by atomic mass is 10.4. The summed E-state index contributed by atoms with van der Waals surface area (Å²) in [6.45, 7) is 4.27. The van der Waals surface area contributed by atoms with Crippen LogP contribution in [0.1, 0.15) is 20.8 Å². The average Bonchev–Trinajstić information content (AvgIpc) is 2.10. The van der Waals surface area contributed by atoms with E-state index in [1.807, 2.05) is 0 Å². The lowest BCUT2D eigenvalue weighted by Gasteiger charge is -2.11. The summed E-state index contributed by atoms with van der Waals surface area (Å²) in [6.07, 6.45) is -0.833. The minimum absolute atomic E-state index is 0.105. The minimum atomic E-state index is -0.833. The predicted octanol–water partition coefficient (Wildman–Crippen LogP) is -0.383. The lowest BCUT2D eigenvalue weighted by molar-refractivity contribution is -0.152. The van der Waals surface area contributed by atoms with Gasteiger partial charge in [0, 0.05) is 13.8 Å². The molecule has 0 saturated carbocycles. The maximum atomic E-state index is 11.2. The zero-order valence-corrected chi connectivity index (χ0v) is 9.03. The monoisotopic (exact) mass is 217 g/mol. The van der Waals surface area contributed by atoms with Crippen molar-refractivity contribution in [3.63, 3.8) is 0 Å². The third kappa shape index (κ3) is 7.48. The van der Waals surface area contributed by atoms with Crippen LogP contribution in [-0.2, 0) is 23.9 Å². The molecule has 86 valence electrons. The van der Waals surface area contributed by atoms with E-state index in [0.29, 0.717) is 0 Å². The van der Waals surface area contributed by atoms with E-state index in [1.165, 1.54) is 20.8 Å². The molecular weight excluding hydrogens is 202 g/mol. The van der Waals surface area contributed by atoms with Gasteiger partial charge in [0.2, 0.25) is 0 Å². The lowest BCUT2D eigenvalue weighted by Crippen LogP contribution is -2.37.